The molecule has 0 bridgehead atoms. The molecule has 0 saturated carbocycles. The molecule has 0 rings (SSSR count). The van der Waals surface area contributed by atoms with Crippen LogP contribution in [-0.2, 0) is 0 Å². The maximum Gasteiger partial charge on any atom is 0.0525 e. The average molecular weight is 180 g/mol. The van der Waals surface area contributed by atoms with Crippen LogP contribution in [0.4, 0.5) is 0 Å². The van der Waals surface area contributed by atoms with Crippen molar-refractivity contribution in [1.82, 2.24) is 0 Å². The first kappa shape index (κ1) is 10.4. The molecule has 10 heavy (non-hydrogen) atoms. The van der Waals surface area contributed by atoms with E-state index in [0.717, 1.165) is 11.5 Å². The summed E-state index contributed by atoms with van der Waals surface area (Å²) in [5.41, 5.74) is 0. The molecule has 60 valence electrons. The predicted octanol–water partition coefficient (Wildman–Crippen LogP) is 0.909. The third-order valence-corrected chi connectivity index (χ3v) is 2.33. The van der Waals surface area contributed by atoms with E-state index in [2.05, 4.69) is 0 Å². The van der Waals surface area contributed by atoms with Crippen molar-refractivity contribution < 1.29 is 10.2 Å². The Labute approximate surface area is 69.7 Å². The largest absolute Gasteiger partial charge is 0.396 e. The Balaban J connectivity index is 2.89. The standard InChI is InChI=1S/C6H12O2S2/c7-1-3-9-5-6-10-4-2-8/h5-8H,1-4H2/b6-5+. The van der Waals surface area contributed by atoms with Gasteiger partial charge in [0.2, 0.25) is 0 Å². The summed E-state index contributed by atoms with van der Waals surface area (Å²) in [5, 5.41) is 20.6. The molecular weight excluding hydrogens is 168 g/mol. The zero-order valence-corrected chi connectivity index (χ0v) is 7.33. The normalized spacial score (nSPS) is 11.0. The lowest BCUT2D eigenvalue weighted by molar-refractivity contribution is 0.322. The molecule has 4 heteroatoms. The number of thioether (sulfide) groups is 2. The van der Waals surface area contributed by atoms with E-state index in [4.69, 9.17) is 10.2 Å². The van der Waals surface area contributed by atoms with Crippen LogP contribution in [0, 0.1) is 0 Å². The van der Waals surface area contributed by atoms with Crippen LogP contribution in [0.5, 0.6) is 0 Å². The molecular formula is C6H12O2S2. The minimum atomic E-state index is 0.222. The fraction of sp³-hybridized carbons (Fsp3) is 0.667. The van der Waals surface area contributed by atoms with Gasteiger partial charge in [0.15, 0.2) is 0 Å². The molecule has 2 nitrogen and oxygen atoms in total. The van der Waals surface area contributed by atoms with Crippen molar-refractivity contribution in [2.24, 2.45) is 0 Å². The highest BCUT2D eigenvalue weighted by atomic mass is 32.2. The van der Waals surface area contributed by atoms with E-state index in [0.29, 0.717) is 0 Å². The van der Waals surface area contributed by atoms with Gasteiger partial charge in [-0.05, 0) is 10.8 Å². The van der Waals surface area contributed by atoms with Crippen molar-refractivity contribution in [3.05, 3.63) is 10.8 Å². The Bertz CT molecular complexity index is 75.8. The Morgan fingerprint density at radius 2 is 1.30 bits per heavy atom. The van der Waals surface area contributed by atoms with Crippen molar-refractivity contribution >= 4 is 23.5 Å². The maximum absolute atomic E-state index is 8.37. The molecule has 0 aromatic rings. The number of rotatable bonds is 6. The lowest BCUT2D eigenvalue weighted by Crippen LogP contribution is -1.82. The maximum atomic E-state index is 8.37. The van der Waals surface area contributed by atoms with E-state index in [1.165, 1.54) is 0 Å². The van der Waals surface area contributed by atoms with Gasteiger partial charge >= 0.3 is 0 Å². The second kappa shape index (κ2) is 9.36. The van der Waals surface area contributed by atoms with Gasteiger partial charge in [0, 0.05) is 11.5 Å². The monoisotopic (exact) mass is 180 g/mol. The van der Waals surface area contributed by atoms with Gasteiger partial charge in [0.25, 0.3) is 0 Å². The molecule has 0 aliphatic heterocycles. The molecule has 0 aliphatic rings. The van der Waals surface area contributed by atoms with E-state index in [-0.39, 0.29) is 13.2 Å². The molecule has 0 aromatic carbocycles. The molecule has 0 saturated heterocycles. The van der Waals surface area contributed by atoms with Crippen LogP contribution in [0.1, 0.15) is 0 Å². The van der Waals surface area contributed by atoms with Gasteiger partial charge in [0.05, 0.1) is 13.2 Å². The molecule has 0 radical (unpaired) electrons. The number of aliphatic hydroxyl groups excluding tert-OH is 2. The minimum absolute atomic E-state index is 0.222. The number of hydrogen-bond donors (Lipinski definition) is 2. The van der Waals surface area contributed by atoms with Gasteiger partial charge in [-0.15, -0.1) is 23.5 Å². The van der Waals surface area contributed by atoms with Gasteiger partial charge in [-0.25, -0.2) is 0 Å². The van der Waals surface area contributed by atoms with E-state index >= 15 is 0 Å². The summed E-state index contributed by atoms with van der Waals surface area (Å²) in [6, 6.07) is 0. The lowest BCUT2D eigenvalue weighted by Gasteiger charge is -1.89. The highest BCUT2D eigenvalue weighted by Crippen LogP contribution is 2.07. The second-order valence-electron chi connectivity index (χ2n) is 1.46. The van der Waals surface area contributed by atoms with Crippen LogP contribution in [0.3, 0.4) is 0 Å². The second-order valence-corrected chi connectivity index (χ2v) is 3.49. The van der Waals surface area contributed by atoms with E-state index < -0.39 is 0 Å². The smallest absolute Gasteiger partial charge is 0.0525 e. The van der Waals surface area contributed by atoms with Crippen LogP contribution in [0.25, 0.3) is 0 Å². The Hall–Kier alpha value is 0.360. The van der Waals surface area contributed by atoms with Crippen molar-refractivity contribution in [3.63, 3.8) is 0 Å². The summed E-state index contributed by atoms with van der Waals surface area (Å²) >= 11 is 3.14. The highest BCUT2D eigenvalue weighted by Gasteiger charge is 1.80. The molecule has 0 unspecified atom stereocenters. The van der Waals surface area contributed by atoms with Gasteiger partial charge in [0.1, 0.15) is 0 Å². The first-order chi connectivity index (χ1) is 4.91. The van der Waals surface area contributed by atoms with Crippen molar-refractivity contribution in [2.75, 3.05) is 24.7 Å². The van der Waals surface area contributed by atoms with E-state index in [1.54, 1.807) is 23.5 Å². The minimum Gasteiger partial charge on any atom is -0.396 e. The van der Waals surface area contributed by atoms with Crippen LogP contribution in [0.2, 0.25) is 0 Å². The first-order valence-corrected chi connectivity index (χ1v) is 5.11. The molecule has 0 aromatic heterocycles. The average Bonchev–Trinajstić information content (AvgIpc) is 1.97. The Morgan fingerprint density at radius 3 is 1.60 bits per heavy atom. The fourth-order valence-electron chi connectivity index (χ4n) is 0.320. The third kappa shape index (κ3) is 8.36. The third-order valence-electron chi connectivity index (χ3n) is 0.666. The molecule has 0 atom stereocenters. The SMILES string of the molecule is OCCS/C=C/SCCO. The molecule has 0 heterocycles. The van der Waals surface area contributed by atoms with Crippen molar-refractivity contribution in [2.45, 2.75) is 0 Å². The molecule has 0 aliphatic carbocycles. The molecule has 0 amide bonds. The van der Waals surface area contributed by atoms with Gasteiger partial charge < -0.3 is 10.2 Å². The molecule has 0 fully saturated rings. The topological polar surface area (TPSA) is 40.5 Å². The summed E-state index contributed by atoms with van der Waals surface area (Å²) < 4.78 is 0. The van der Waals surface area contributed by atoms with Gasteiger partial charge in [-0.1, -0.05) is 0 Å². The fourth-order valence-corrected chi connectivity index (χ4v) is 1.43. The van der Waals surface area contributed by atoms with E-state index in [1.807, 2.05) is 10.8 Å². The lowest BCUT2D eigenvalue weighted by atomic mass is 10.9. The number of aliphatic hydroxyl groups is 2. The van der Waals surface area contributed by atoms with E-state index in [9.17, 15) is 0 Å². The summed E-state index contributed by atoms with van der Waals surface area (Å²) in [5.74, 6) is 1.49. The summed E-state index contributed by atoms with van der Waals surface area (Å²) in [6.07, 6.45) is 0. The highest BCUT2D eigenvalue weighted by molar-refractivity contribution is 8.05. The number of hydrogen-bond acceptors (Lipinski definition) is 4. The molecule has 2 N–H and O–H groups in total. The Morgan fingerprint density at radius 1 is 0.900 bits per heavy atom. The zero-order chi connectivity index (χ0) is 7.66. The van der Waals surface area contributed by atoms with Crippen LogP contribution < -0.4 is 0 Å². The quantitative estimate of drug-likeness (QED) is 0.596. The van der Waals surface area contributed by atoms with Crippen LogP contribution in [0.15, 0.2) is 10.8 Å². The van der Waals surface area contributed by atoms with Crippen molar-refractivity contribution in [1.29, 1.82) is 0 Å². The Kier molecular flexibility index (Phi) is 9.70. The molecule has 0 spiro atoms. The van der Waals surface area contributed by atoms with Gasteiger partial charge in [-0.2, -0.15) is 0 Å². The predicted molar refractivity (Wildman–Crippen MR) is 48.2 cm³/mol. The first-order valence-electron chi connectivity index (χ1n) is 3.01. The summed E-state index contributed by atoms with van der Waals surface area (Å²) in [7, 11) is 0. The summed E-state index contributed by atoms with van der Waals surface area (Å²) in [4.78, 5) is 0. The summed E-state index contributed by atoms with van der Waals surface area (Å²) in [6.45, 7) is 0.444. The van der Waals surface area contributed by atoms with Crippen LogP contribution in [-0.4, -0.2) is 34.9 Å². The van der Waals surface area contributed by atoms with Crippen molar-refractivity contribution in [3.8, 4) is 0 Å². The van der Waals surface area contributed by atoms with Gasteiger partial charge in [-0.3, -0.25) is 0 Å². The zero-order valence-electron chi connectivity index (χ0n) is 5.69. The van der Waals surface area contributed by atoms with Crippen LogP contribution >= 0.6 is 23.5 Å².